The number of amides is 2. The van der Waals surface area contributed by atoms with Crippen molar-refractivity contribution in [3.8, 4) is 0 Å². The van der Waals surface area contributed by atoms with Crippen molar-refractivity contribution in [2.24, 2.45) is 5.73 Å². The van der Waals surface area contributed by atoms with Gasteiger partial charge in [-0.1, -0.05) is 0 Å². The molecule has 1 aliphatic rings. The predicted molar refractivity (Wildman–Crippen MR) is 66.1 cm³/mol. The number of hydrogen-bond donors (Lipinski definition) is 2. The zero-order valence-electron chi connectivity index (χ0n) is 10.0. The summed E-state index contributed by atoms with van der Waals surface area (Å²) in [4.78, 5) is 24.8. The fraction of sp³-hybridized carbons (Fsp3) is 0.385. The lowest BCUT2D eigenvalue weighted by Crippen LogP contribution is -2.37. The summed E-state index contributed by atoms with van der Waals surface area (Å²) in [6, 6.07) is 6.18. The maximum Gasteiger partial charge on any atom is 0.254 e. The third kappa shape index (κ3) is 2.36. The highest BCUT2D eigenvalue weighted by molar-refractivity contribution is 5.97. The number of hydrogen-bond acceptors (Lipinski definition) is 3. The summed E-state index contributed by atoms with van der Waals surface area (Å²) in [5.41, 5.74) is 6.03. The molecule has 1 saturated heterocycles. The highest BCUT2D eigenvalue weighted by Gasteiger charge is 2.28. The standard InChI is InChI=1S/C13H16N2O3/c14-12(17)9-3-5-10(6-4-9)13(18)15-7-1-2-11(15)8-16/h3-6,11,16H,1-2,7-8H2,(H2,14,17)/t11-/m0/s1. The zero-order valence-corrected chi connectivity index (χ0v) is 10.0. The molecule has 1 aromatic carbocycles. The maximum absolute atomic E-state index is 12.2. The highest BCUT2D eigenvalue weighted by atomic mass is 16.3. The number of aliphatic hydroxyl groups excluding tert-OH is 1. The summed E-state index contributed by atoms with van der Waals surface area (Å²) < 4.78 is 0. The summed E-state index contributed by atoms with van der Waals surface area (Å²) in [6.07, 6.45) is 1.75. The van der Waals surface area contributed by atoms with Gasteiger partial charge in [-0.3, -0.25) is 9.59 Å². The molecular formula is C13H16N2O3. The van der Waals surface area contributed by atoms with Crippen molar-refractivity contribution in [3.05, 3.63) is 35.4 Å². The first kappa shape index (κ1) is 12.6. The number of rotatable bonds is 3. The topological polar surface area (TPSA) is 83.6 Å². The van der Waals surface area contributed by atoms with Gasteiger partial charge in [0, 0.05) is 17.7 Å². The molecule has 0 aliphatic carbocycles. The second kappa shape index (κ2) is 5.18. The molecule has 0 aromatic heterocycles. The number of carbonyl (C=O) groups excluding carboxylic acids is 2. The number of primary amides is 1. The lowest BCUT2D eigenvalue weighted by molar-refractivity contribution is 0.0677. The molecule has 0 saturated carbocycles. The van der Waals surface area contributed by atoms with Gasteiger partial charge in [0.2, 0.25) is 5.91 Å². The summed E-state index contributed by atoms with van der Waals surface area (Å²) in [7, 11) is 0. The van der Waals surface area contributed by atoms with Gasteiger partial charge in [0.15, 0.2) is 0 Å². The Morgan fingerprint density at radius 3 is 2.44 bits per heavy atom. The molecule has 0 radical (unpaired) electrons. The van der Waals surface area contributed by atoms with Crippen LogP contribution in [0.4, 0.5) is 0 Å². The monoisotopic (exact) mass is 248 g/mol. The molecule has 18 heavy (non-hydrogen) atoms. The second-order valence-corrected chi connectivity index (χ2v) is 4.42. The third-order valence-corrected chi connectivity index (χ3v) is 3.27. The molecule has 96 valence electrons. The number of aliphatic hydroxyl groups is 1. The Morgan fingerprint density at radius 2 is 1.89 bits per heavy atom. The first-order chi connectivity index (χ1) is 8.63. The first-order valence-corrected chi connectivity index (χ1v) is 5.95. The van der Waals surface area contributed by atoms with Crippen LogP contribution in [0.3, 0.4) is 0 Å². The molecule has 1 aromatic rings. The van der Waals surface area contributed by atoms with E-state index in [-0.39, 0.29) is 18.6 Å². The van der Waals surface area contributed by atoms with Crippen molar-refractivity contribution in [2.75, 3.05) is 13.2 Å². The second-order valence-electron chi connectivity index (χ2n) is 4.42. The molecular weight excluding hydrogens is 232 g/mol. The van der Waals surface area contributed by atoms with Crippen molar-refractivity contribution in [1.29, 1.82) is 0 Å². The van der Waals surface area contributed by atoms with Gasteiger partial charge in [-0.15, -0.1) is 0 Å². The third-order valence-electron chi connectivity index (χ3n) is 3.27. The van der Waals surface area contributed by atoms with Crippen molar-refractivity contribution < 1.29 is 14.7 Å². The number of benzene rings is 1. The van der Waals surface area contributed by atoms with E-state index in [1.54, 1.807) is 29.2 Å². The molecule has 0 spiro atoms. The molecule has 5 nitrogen and oxygen atoms in total. The molecule has 1 aliphatic heterocycles. The Morgan fingerprint density at radius 1 is 1.28 bits per heavy atom. The fourth-order valence-electron chi connectivity index (χ4n) is 2.24. The van der Waals surface area contributed by atoms with E-state index in [1.807, 2.05) is 0 Å². The number of likely N-dealkylation sites (tertiary alicyclic amines) is 1. The van der Waals surface area contributed by atoms with E-state index in [4.69, 9.17) is 5.73 Å². The van der Waals surface area contributed by atoms with Crippen LogP contribution in [-0.4, -0.2) is 41.0 Å². The largest absolute Gasteiger partial charge is 0.394 e. The minimum atomic E-state index is -0.511. The van der Waals surface area contributed by atoms with E-state index in [0.717, 1.165) is 12.8 Å². The van der Waals surface area contributed by atoms with Crippen molar-refractivity contribution in [1.82, 2.24) is 4.90 Å². The summed E-state index contributed by atoms with van der Waals surface area (Å²) >= 11 is 0. The average Bonchev–Trinajstić information content (AvgIpc) is 2.86. The molecule has 3 N–H and O–H groups in total. The van der Waals surface area contributed by atoms with Crippen molar-refractivity contribution >= 4 is 11.8 Å². The van der Waals surface area contributed by atoms with E-state index in [9.17, 15) is 14.7 Å². The molecule has 2 rings (SSSR count). The van der Waals surface area contributed by atoms with E-state index >= 15 is 0 Å². The van der Waals surface area contributed by atoms with Crippen LogP contribution in [0.2, 0.25) is 0 Å². The van der Waals surface area contributed by atoms with Gasteiger partial charge in [0.05, 0.1) is 12.6 Å². The number of carbonyl (C=O) groups is 2. The Balaban J connectivity index is 2.16. The minimum Gasteiger partial charge on any atom is -0.394 e. The smallest absolute Gasteiger partial charge is 0.254 e. The van der Waals surface area contributed by atoms with Gasteiger partial charge in [0.25, 0.3) is 5.91 Å². The maximum atomic E-state index is 12.2. The van der Waals surface area contributed by atoms with Crippen molar-refractivity contribution in [3.63, 3.8) is 0 Å². The van der Waals surface area contributed by atoms with Crippen LogP contribution < -0.4 is 5.73 Å². The summed E-state index contributed by atoms with van der Waals surface area (Å²) in [5.74, 6) is -0.619. The zero-order chi connectivity index (χ0) is 13.1. The van der Waals surface area contributed by atoms with Gasteiger partial charge in [-0.05, 0) is 37.1 Å². The lowest BCUT2D eigenvalue weighted by atomic mass is 10.1. The first-order valence-electron chi connectivity index (χ1n) is 5.95. The van der Waals surface area contributed by atoms with Gasteiger partial charge >= 0.3 is 0 Å². The molecule has 1 heterocycles. The van der Waals surface area contributed by atoms with E-state index in [2.05, 4.69) is 0 Å². The summed E-state index contributed by atoms with van der Waals surface area (Å²) in [5, 5.41) is 9.19. The van der Waals surface area contributed by atoms with Gasteiger partial charge in [0.1, 0.15) is 0 Å². The SMILES string of the molecule is NC(=O)c1ccc(C(=O)N2CCC[C@H]2CO)cc1. The normalized spacial score (nSPS) is 18.9. The van der Waals surface area contributed by atoms with Crippen LogP contribution in [0.25, 0.3) is 0 Å². The predicted octanol–water partition coefficient (Wildman–Crippen LogP) is 0.382. The van der Waals surface area contributed by atoms with Crippen LogP contribution in [-0.2, 0) is 0 Å². The fourth-order valence-corrected chi connectivity index (χ4v) is 2.24. The van der Waals surface area contributed by atoms with Crippen LogP contribution in [0.5, 0.6) is 0 Å². The number of nitrogens with zero attached hydrogens (tertiary/aromatic N) is 1. The van der Waals surface area contributed by atoms with Crippen LogP contribution >= 0.6 is 0 Å². The summed E-state index contributed by atoms with van der Waals surface area (Å²) in [6.45, 7) is 0.659. The lowest BCUT2D eigenvalue weighted by Gasteiger charge is -2.23. The van der Waals surface area contributed by atoms with Crippen LogP contribution in [0.15, 0.2) is 24.3 Å². The van der Waals surface area contributed by atoms with E-state index in [0.29, 0.717) is 17.7 Å². The van der Waals surface area contributed by atoms with Gasteiger partial charge in [-0.2, -0.15) is 0 Å². The molecule has 1 fully saturated rings. The van der Waals surface area contributed by atoms with Gasteiger partial charge < -0.3 is 15.7 Å². The molecule has 0 bridgehead atoms. The van der Waals surface area contributed by atoms with Gasteiger partial charge in [-0.25, -0.2) is 0 Å². The van der Waals surface area contributed by atoms with Crippen molar-refractivity contribution in [2.45, 2.75) is 18.9 Å². The molecule has 1 atom stereocenters. The van der Waals surface area contributed by atoms with Crippen LogP contribution in [0, 0.1) is 0 Å². The van der Waals surface area contributed by atoms with E-state index in [1.165, 1.54) is 0 Å². The average molecular weight is 248 g/mol. The molecule has 2 amide bonds. The molecule has 0 unspecified atom stereocenters. The molecule has 5 heteroatoms. The number of nitrogens with two attached hydrogens (primary N) is 1. The van der Waals surface area contributed by atoms with Crippen LogP contribution in [0.1, 0.15) is 33.6 Å². The Bertz CT molecular complexity index is 456. The van der Waals surface area contributed by atoms with E-state index < -0.39 is 5.91 Å². The quantitative estimate of drug-likeness (QED) is 0.811. The Labute approximate surface area is 105 Å². The Hall–Kier alpha value is -1.88. The highest BCUT2D eigenvalue weighted by Crippen LogP contribution is 2.19. The minimum absolute atomic E-state index is 0.00882. The Kier molecular flexibility index (Phi) is 3.62.